The van der Waals surface area contributed by atoms with Gasteiger partial charge < -0.3 is 5.11 Å². The lowest BCUT2D eigenvalue weighted by molar-refractivity contribution is 0.198. The monoisotopic (exact) mass is 316 g/mol. The van der Waals surface area contributed by atoms with Crippen molar-refractivity contribution in [1.29, 1.82) is 0 Å². The minimum Gasteiger partial charge on any atom is -0.384 e. The van der Waals surface area contributed by atoms with Crippen LogP contribution in [0.5, 0.6) is 0 Å². The summed E-state index contributed by atoms with van der Waals surface area (Å²) in [5.74, 6) is 7.91. The van der Waals surface area contributed by atoms with Gasteiger partial charge in [0.2, 0.25) is 0 Å². The number of aliphatic hydroxyl groups is 1. The van der Waals surface area contributed by atoms with Gasteiger partial charge in [0.25, 0.3) is 0 Å². The molecule has 0 bridgehead atoms. The van der Waals surface area contributed by atoms with Crippen LogP contribution in [0.25, 0.3) is 0 Å². The van der Waals surface area contributed by atoms with E-state index in [2.05, 4.69) is 43.4 Å². The lowest BCUT2D eigenvalue weighted by Crippen LogP contribution is -2.34. The Labute approximate surface area is 134 Å². The molecule has 116 valence electrons. The van der Waals surface area contributed by atoms with E-state index in [9.17, 15) is 0 Å². The molecular formula is C16H20N4OS. The van der Waals surface area contributed by atoms with Gasteiger partial charge in [-0.1, -0.05) is 11.8 Å². The number of thiophene rings is 1. The Bertz CT molecular complexity index is 682. The van der Waals surface area contributed by atoms with Crippen molar-refractivity contribution in [2.24, 2.45) is 0 Å². The van der Waals surface area contributed by atoms with Crippen molar-refractivity contribution in [2.75, 3.05) is 19.7 Å². The van der Waals surface area contributed by atoms with Crippen LogP contribution in [-0.4, -0.2) is 44.9 Å². The summed E-state index contributed by atoms with van der Waals surface area (Å²) in [6.07, 6.45) is 2.34. The van der Waals surface area contributed by atoms with Crippen LogP contribution in [0.4, 0.5) is 0 Å². The first-order valence-corrected chi connectivity index (χ1v) is 8.41. The number of H-pyrrole nitrogens is 1. The van der Waals surface area contributed by atoms with Crippen LogP contribution in [0, 0.1) is 18.8 Å². The summed E-state index contributed by atoms with van der Waals surface area (Å²) in [6.45, 7) is 4.93. The van der Waals surface area contributed by atoms with Gasteiger partial charge in [0.1, 0.15) is 12.4 Å². The molecule has 22 heavy (non-hydrogen) atoms. The number of hydrogen-bond acceptors (Lipinski definition) is 5. The second-order valence-corrected chi connectivity index (χ2v) is 6.61. The zero-order valence-corrected chi connectivity index (χ0v) is 13.5. The van der Waals surface area contributed by atoms with Gasteiger partial charge >= 0.3 is 0 Å². The second-order valence-electron chi connectivity index (χ2n) is 5.61. The van der Waals surface area contributed by atoms with E-state index in [1.807, 2.05) is 6.92 Å². The van der Waals surface area contributed by atoms with Crippen molar-refractivity contribution in [2.45, 2.75) is 32.2 Å². The summed E-state index contributed by atoms with van der Waals surface area (Å²) in [5, 5.41) is 18.1. The Balaban J connectivity index is 1.61. The van der Waals surface area contributed by atoms with Crippen LogP contribution < -0.4 is 0 Å². The Morgan fingerprint density at radius 1 is 1.55 bits per heavy atom. The zero-order chi connectivity index (χ0) is 15.4. The number of hydrogen-bond donors (Lipinski definition) is 2. The standard InChI is InChI=1S/C16H20N4OS/c1-12-17-16(19-18-12)14-5-2-6-20(9-14)10-15-8-13(11-22-15)4-3-7-21/h8,11,14,21H,2,5-7,9-10H2,1H3,(H,17,18,19)/t14-/m1/s1. The molecule has 1 fully saturated rings. The van der Waals surface area contributed by atoms with Crippen molar-refractivity contribution in [1.82, 2.24) is 20.1 Å². The van der Waals surface area contributed by atoms with Gasteiger partial charge in [-0.2, -0.15) is 5.10 Å². The molecule has 0 radical (unpaired) electrons. The van der Waals surface area contributed by atoms with E-state index in [1.165, 1.54) is 11.3 Å². The summed E-state index contributed by atoms with van der Waals surface area (Å²) in [5.41, 5.74) is 0.993. The highest BCUT2D eigenvalue weighted by molar-refractivity contribution is 7.10. The quantitative estimate of drug-likeness (QED) is 0.849. The van der Waals surface area contributed by atoms with Crippen molar-refractivity contribution in [3.63, 3.8) is 0 Å². The molecule has 2 aromatic rings. The minimum absolute atomic E-state index is 0.0882. The Kier molecular flexibility index (Phi) is 4.88. The van der Waals surface area contributed by atoms with E-state index in [1.54, 1.807) is 11.3 Å². The highest BCUT2D eigenvalue weighted by Crippen LogP contribution is 2.26. The first kappa shape index (κ1) is 15.2. The Morgan fingerprint density at radius 3 is 3.23 bits per heavy atom. The summed E-state index contributed by atoms with van der Waals surface area (Å²) >= 11 is 1.73. The number of nitrogens with zero attached hydrogens (tertiary/aromatic N) is 3. The van der Waals surface area contributed by atoms with Crippen LogP contribution in [0.3, 0.4) is 0 Å². The molecule has 5 nitrogen and oxygen atoms in total. The lowest BCUT2D eigenvalue weighted by Gasteiger charge is -2.30. The molecule has 0 spiro atoms. The third kappa shape index (κ3) is 3.74. The molecule has 2 N–H and O–H groups in total. The van der Waals surface area contributed by atoms with Gasteiger partial charge in [-0.15, -0.1) is 11.3 Å². The third-order valence-corrected chi connectivity index (χ3v) is 4.75. The molecule has 6 heteroatoms. The summed E-state index contributed by atoms with van der Waals surface area (Å²) in [6, 6.07) is 2.12. The molecule has 0 unspecified atom stereocenters. The topological polar surface area (TPSA) is 65.0 Å². The summed E-state index contributed by atoms with van der Waals surface area (Å²) in [7, 11) is 0. The van der Waals surface area contributed by atoms with Crippen molar-refractivity contribution >= 4 is 11.3 Å². The first-order chi connectivity index (χ1) is 10.7. The van der Waals surface area contributed by atoms with Crippen LogP contribution in [-0.2, 0) is 6.54 Å². The number of aliphatic hydroxyl groups excluding tert-OH is 1. The average molecular weight is 316 g/mol. The number of piperidine rings is 1. The normalized spacial score (nSPS) is 18.9. The number of likely N-dealkylation sites (tertiary alicyclic amines) is 1. The SMILES string of the molecule is Cc1nc([C@@H]2CCCN(Cc3cc(C#CCO)cs3)C2)n[nH]1. The fourth-order valence-corrected chi connectivity index (χ4v) is 3.70. The van der Waals surface area contributed by atoms with Gasteiger partial charge in [0.15, 0.2) is 5.82 Å². The average Bonchev–Trinajstić information content (AvgIpc) is 3.15. The molecular weight excluding hydrogens is 296 g/mol. The lowest BCUT2D eigenvalue weighted by atomic mass is 9.97. The molecule has 1 aliphatic heterocycles. The molecule has 0 amide bonds. The fourth-order valence-electron chi connectivity index (χ4n) is 2.84. The van der Waals surface area contributed by atoms with E-state index in [0.717, 1.165) is 43.3 Å². The fraction of sp³-hybridized carbons (Fsp3) is 0.500. The Hall–Kier alpha value is -1.68. The molecule has 1 atom stereocenters. The molecule has 0 aliphatic carbocycles. The largest absolute Gasteiger partial charge is 0.384 e. The van der Waals surface area contributed by atoms with E-state index >= 15 is 0 Å². The predicted octanol–water partition coefficient (Wildman–Crippen LogP) is 1.90. The zero-order valence-electron chi connectivity index (χ0n) is 12.7. The minimum atomic E-state index is -0.0882. The smallest absolute Gasteiger partial charge is 0.155 e. The van der Waals surface area contributed by atoms with Crippen molar-refractivity contribution < 1.29 is 5.11 Å². The van der Waals surface area contributed by atoms with Gasteiger partial charge in [0.05, 0.1) is 0 Å². The number of nitrogens with one attached hydrogen (secondary N) is 1. The first-order valence-electron chi connectivity index (χ1n) is 7.53. The van der Waals surface area contributed by atoms with Crippen molar-refractivity contribution in [3.8, 4) is 11.8 Å². The maximum absolute atomic E-state index is 8.74. The van der Waals surface area contributed by atoms with Gasteiger partial charge in [-0.3, -0.25) is 10.00 Å². The van der Waals surface area contributed by atoms with Crippen LogP contribution in [0.1, 0.15) is 40.8 Å². The Morgan fingerprint density at radius 2 is 2.45 bits per heavy atom. The molecule has 3 rings (SSSR count). The third-order valence-electron chi connectivity index (χ3n) is 3.83. The predicted molar refractivity (Wildman–Crippen MR) is 86.7 cm³/mol. The van der Waals surface area contributed by atoms with Gasteiger partial charge in [-0.25, -0.2) is 4.98 Å². The molecule has 2 aromatic heterocycles. The summed E-state index contributed by atoms with van der Waals surface area (Å²) in [4.78, 5) is 8.26. The molecule has 1 aliphatic rings. The highest BCUT2D eigenvalue weighted by atomic mass is 32.1. The highest BCUT2D eigenvalue weighted by Gasteiger charge is 2.24. The molecule has 0 saturated carbocycles. The maximum Gasteiger partial charge on any atom is 0.155 e. The van der Waals surface area contributed by atoms with Gasteiger partial charge in [-0.05, 0) is 32.4 Å². The summed E-state index contributed by atoms with van der Waals surface area (Å²) < 4.78 is 0. The molecule has 1 saturated heterocycles. The van der Waals surface area contributed by atoms with E-state index in [4.69, 9.17) is 5.11 Å². The van der Waals surface area contributed by atoms with Gasteiger partial charge in [0, 0.05) is 34.8 Å². The van der Waals surface area contributed by atoms with Crippen LogP contribution in [0.2, 0.25) is 0 Å². The van der Waals surface area contributed by atoms with Crippen molar-refractivity contribution in [3.05, 3.63) is 33.5 Å². The second kappa shape index (κ2) is 7.05. The van der Waals surface area contributed by atoms with E-state index in [0.29, 0.717) is 5.92 Å². The number of aryl methyl sites for hydroxylation is 1. The number of aromatic amines is 1. The number of aromatic nitrogens is 3. The molecule has 0 aromatic carbocycles. The number of rotatable bonds is 3. The maximum atomic E-state index is 8.74. The van der Waals surface area contributed by atoms with Crippen LogP contribution >= 0.6 is 11.3 Å². The van der Waals surface area contributed by atoms with E-state index < -0.39 is 0 Å². The van der Waals surface area contributed by atoms with Crippen LogP contribution in [0.15, 0.2) is 11.4 Å². The van der Waals surface area contributed by atoms with E-state index in [-0.39, 0.29) is 6.61 Å². The molecule has 3 heterocycles.